The van der Waals surface area contributed by atoms with Gasteiger partial charge in [0.15, 0.2) is 0 Å². The summed E-state index contributed by atoms with van der Waals surface area (Å²) >= 11 is 11.2. The summed E-state index contributed by atoms with van der Waals surface area (Å²) in [4.78, 5) is 0. The highest BCUT2D eigenvalue weighted by atomic mass is 35.5. The van der Waals surface area contributed by atoms with Gasteiger partial charge in [0.25, 0.3) is 6.08 Å². The maximum absolute atomic E-state index is 11.7. The predicted octanol–water partition coefficient (Wildman–Crippen LogP) is 4.23. The van der Waals surface area contributed by atoms with Gasteiger partial charge in [-0.25, -0.2) is 0 Å². The van der Waals surface area contributed by atoms with Gasteiger partial charge in [0.2, 0.25) is 0 Å². The zero-order valence-corrected chi connectivity index (χ0v) is 7.33. The third-order valence-corrected chi connectivity index (χ3v) is 1.96. The second-order valence-electron chi connectivity index (χ2n) is 2.11. The lowest BCUT2D eigenvalue weighted by Gasteiger charge is -1.96. The first-order chi connectivity index (χ1) is 5.59. The Balaban J connectivity index is 3.05. The van der Waals surface area contributed by atoms with Crippen molar-refractivity contribution in [3.63, 3.8) is 0 Å². The lowest BCUT2D eigenvalue weighted by Crippen LogP contribution is -1.73. The monoisotopic (exact) mass is 208 g/mol. The van der Waals surface area contributed by atoms with Gasteiger partial charge in [-0.05, 0) is 17.7 Å². The van der Waals surface area contributed by atoms with E-state index in [0.717, 1.165) is 6.08 Å². The van der Waals surface area contributed by atoms with E-state index >= 15 is 0 Å². The molecule has 0 unspecified atom stereocenters. The van der Waals surface area contributed by atoms with Crippen LogP contribution in [0, 0.1) is 0 Å². The Kier molecular flexibility index (Phi) is 3.06. The Bertz CT molecular complexity index is 317. The molecule has 12 heavy (non-hydrogen) atoms. The van der Waals surface area contributed by atoms with E-state index in [0.29, 0.717) is 10.6 Å². The number of benzene rings is 1. The molecule has 0 spiro atoms. The van der Waals surface area contributed by atoms with Crippen LogP contribution in [0.4, 0.5) is 8.78 Å². The molecule has 0 aromatic heterocycles. The van der Waals surface area contributed by atoms with Gasteiger partial charge in [-0.1, -0.05) is 29.3 Å². The summed E-state index contributed by atoms with van der Waals surface area (Å²) in [5.74, 6) is 0. The number of rotatable bonds is 1. The minimum atomic E-state index is -1.76. The van der Waals surface area contributed by atoms with E-state index in [1.807, 2.05) is 0 Å². The summed E-state index contributed by atoms with van der Waals surface area (Å²) in [6, 6.07) is 4.31. The third-order valence-electron chi connectivity index (χ3n) is 1.22. The molecule has 0 nitrogen and oxygen atoms in total. The van der Waals surface area contributed by atoms with E-state index < -0.39 is 6.08 Å². The van der Waals surface area contributed by atoms with Crippen molar-refractivity contribution in [2.75, 3.05) is 0 Å². The zero-order chi connectivity index (χ0) is 9.14. The molecule has 0 radical (unpaired) electrons. The molecule has 0 saturated carbocycles. The van der Waals surface area contributed by atoms with Gasteiger partial charge in [0.1, 0.15) is 0 Å². The minimum Gasteiger partial charge on any atom is -0.173 e. The Morgan fingerprint density at radius 2 is 1.83 bits per heavy atom. The molecule has 4 heteroatoms. The Morgan fingerprint density at radius 3 is 2.33 bits per heavy atom. The molecule has 64 valence electrons. The van der Waals surface area contributed by atoms with E-state index in [9.17, 15) is 8.78 Å². The van der Waals surface area contributed by atoms with Crippen molar-refractivity contribution >= 4 is 29.3 Å². The van der Waals surface area contributed by atoms with E-state index in [1.165, 1.54) is 18.2 Å². The fraction of sp³-hybridized carbons (Fsp3) is 0. The summed E-state index contributed by atoms with van der Waals surface area (Å²) in [5.41, 5.74) is 0.337. The molecular formula is C8H4Cl2F2. The highest BCUT2D eigenvalue weighted by Gasteiger charge is 1.98. The molecule has 1 aromatic carbocycles. The molecule has 0 heterocycles. The quantitative estimate of drug-likeness (QED) is 0.649. The van der Waals surface area contributed by atoms with Crippen molar-refractivity contribution in [2.24, 2.45) is 0 Å². The molecule has 0 aliphatic heterocycles. The maximum Gasteiger partial charge on any atom is 0.270 e. The first-order valence-corrected chi connectivity index (χ1v) is 3.83. The fourth-order valence-electron chi connectivity index (χ4n) is 0.728. The molecule has 0 atom stereocenters. The largest absolute Gasteiger partial charge is 0.270 e. The Hall–Kier alpha value is -0.600. The topological polar surface area (TPSA) is 0 Å². The highest BCUT2D eigenvalue weighted by Crippen LogP contribution is 2.23. The van der Waals surface area contributed by atoms with Crippen LogP contribution < -0.4 is 0 Å². The lowest BCUT2D eigenvalue weighted by atomic mass is 10.2. The van der Waals surface area contributed by atoms with Crippen LogP contribution in [0.25, 0.3) is 6.08 Å². The molecule has 1 aromatic rings. The Morgan fingerprint density at radius 1 is 1.17 bits per heavy atom. The van der Waals surface area contributed by atoms with Gasteiger partial charge in [0.05, 0.1) is 10.0 Å². The summed E-state index contributed by atoms with van der Waals surface area (Å²) in [6.07, 6.45) is -1.03. The molecular weight excluding hydrogens is 205 g/mol. The first-order valence-electron chi connectivity index (χ1n) is 3.07. The van der Waals surface area contributed by atoms with Crippen molar-refractivity contribution in [3.8, 4) is 0 Å². The summed E-state index contributed by atoms with van der Waals surface area (Å²) in [6.45, 7) is 0. The van der Waals surface area contributed by atoms with Crippen LogP contribution in [-0.2, 0) is 0 Å². The smallest absolute Gasteiger partial charge is 0.173 e. The number of hydrogen-bond donors (Lipinski definition) is 0. The molecule has 0 fully saturated rings. The fourth-order valence-corrected chi connectivity index (χ4v) is 1.03. The van der Waals surface area contributed by atoms with Gasteiger partial charge in [0, 0.05) is 6.08 Å². The molecule has 0 amide bonds. The van der Waals surface area contributed by atoms with Gasteiger partial charge >= 0.3 is 0 Å². The maximum atomic E-state index is 11.7. The van der Waals surface area contributed by atoms with E-state index in [2.05, 4.69) is 0 Å². The van der Waals surface area contributed by atoms with E-state index in [1.54, 1.807) is 0 Å². The van der Waals surface area contributed by atoms with Crippen LogP contribution in [-0.4, -0.2) is 0 Å². The normalized spacial score (nSPS) is 9.67. The molecule has 1 rings (SSSR count). The van der Waals surface area contributed by atoms with Crippen molar-refractivity contribution in [1.29, 1.82) is 0 Å². The average molecular weight is 209 g/mol. The van der Waals surface area contributed by atoms with Crippen molar-refractivity contribution < 1.29 is 8.78 Å². The van der Waals surface area contributed by atoms with E-state index in [-0.39, 0.29) is 5.02 Å². The summed E-state index contributed by atoms with van der Waals surface area (Å²) in [7, 11) is 0. The van der Waals surface area contributed by atoms with Crippen LogP contribution in [0.2, 0.25) is 10.0 Å². The second-order valence-corrected chi connectivity index (χ2v) is 2.92. The third kappa shape index (κ3) is 2.47. The molecule has 0 saturated heterocycles. The predicted molar refractivity (Wildman–Crippen MR) is 46.7 cm³/mol. The lowest BCUT2D eigenvalue weighted by molar-refractivity contribution is 0.429. The van der Waals surface area contributed by atoms with Gasteiger partial charge < -0.3 is 0 Å². The van der Waals surface area contributed by atoms with Crippen molar-refractivity contribution in [1.82, 2.24) is 0 Å². The molecule has 0 bridgehead atoms. The number of hydrogen-bond acceptors (Lipinski definition) is 0. The standard InChI is InChI=1S/C8H4Cl2F2/c9-6-2-1-5(3-7(6)10)4-8(11)12/h1-4H. The van der Waals surface area contributed by atoms with Gasteiger partial charge in [-0.2, -0.15) is 8.78 Å². The van der Waals surface area contributed by atoms with Gasteiger partial charge in [-0.15, -0.1) is 0 Å². The first kappa shape index (κ1) is 9.49. The van der Waals surface area contributed by atoms with Crippen LogP contribution in [0.1, 0.15) is 5.56 Å². The van der Waals surface area contributed by atoms with Crippen LogP contribution >= 0.6 is 23.2 Å². The molecule has 0 N–H and O–H groups in total. The van der Waals surface area contributed by atoms with Crippen LogP contribution in [0.3, 0.4) is 0 Å². The van der Waals surface area contributed by atoms with Crippen molar-refractivity contribution in [2.45, 2.75) is 0 Å². The number of halogens is 4. The SMILES string of the molecule is FC(F)=Cc1ccc(Cl)c(Cl)c1. The highest BCUT2D eigenvalue weighted by molar-refractivity contribution is 6.42. The van der Waals surface area contributed by atoms with Crippen LogP contribution in [0.5, 0.6) is 0 Å². The van der Waals surface area contributed by atoms with Gasteiger partial charge in [-0.3, -0.25) is 0 Å². The molecule has 0 aliphatic rings. The molecule has 0 aliphatic carbocycles. The minimum absolute atomic E-state index is 0.270. The van der Waals surface area contributed by atoms with Crippen LogP contribution in [0.15, 0.2) is 24.3 Å². The summed E-state index contributed by atoms with van der Waals surface area (Å²) in [5, 5.41) is 0.625. The van der Waals surface area contributed by atoms with Crippen molar-refractivity contribution in [3.05, 3.63) is 39.9 Å². The average Bonchev–Trinajstić information content (AvgIpc) is 1.96. The Labute approximate surface area is 78.4 Å². The summed E-state index contributed by atoms with van der Waals surface area (Å²) < 4.78 is 23.5. The van der Waals surface area contributed by atoms with E-state index in [4.69, 9.17) is 23.2 Å². The second kappa shape index (κ2) is 3.87. The zero-order valence-electron chi connectivity index (χ0n) is 5.82.